The van der Waals surface area contributed by atoms with Gasteiger partial charge in [0.1, 0.15) is 17.7 Å². The Morgan fingerprint density at radius 3 is 2.40 bits per heavy atom. The number of hydrogen-bond acceptors (Lipinski definition) is 5. The van der Waals surface area contributed by atoms with E-state index in [1.54, 1.807) is 0 Å². The summed E-state index contributed by atoms with van der Waals surface area (Å²) in [6, 6.07) is 2.99. The van der Waals surface area contributed by atoms with Crippen molar-refractivity contribution in [2.75, 3.05) is 19.7 Å². The van der Waals surface area contributed by atoms with E-state index in [0.29, 0.717) is 0 Å². The van der Waals surface area contributed by atoms with Gasteiger partial charge in [-0.1, -0.05) is 6.07 Å². The van der Waals surface area contributed by atoms with Gasteiger partial charge in [0.2, 0.25) is 0 Å². The highest BCUT2D eigenvalue weighted by atomic mass is 19.4. The fraction of sp³-hybridized carbons (Fsp3) is 0.667. The van der Waals surface area contributed by atoms with Crippen molar-refractivity contribution in [3.63, 3.8) is 0 Å². The Kier molecular flexibility index (Phi) is 5.93. The van der Waals surface area contributed by atoms with E-state index < -0.39 is 54.3 Å². The number of hydrogen-bond donors (Lipinski definition) is 1. The Morgan fingerprint density at radius 1 is 1.27 bits per heavy atom. The molecular weight excluding hydrogens is 422 g/mol. The van der Waals surface area contributed by atoms with Crippen molar-refractivity contribution in [3.8, 4) is 0 Å². The molecular formula is C18H19F6N2O4-. The average molecular weight is 441 g/mol. The number of carbonyl (C=O) groups excluding carboxylic acids is 1. The number of pyridine rings is 1. The molecule has 2 aliphatic heterocycles. The zero-order chi connectivity index (χ0) is 22.3. The lowest BCUT2D eigenvalue weighted by molar-refractivity contribution is -0.268. The largest absolute Gasteiger partial charge is 0.530 e. The Labute approximate surface area is 167 Å². The first-order chi connectivity index (χ1) is 13.9. The minimum Gasteiger partial charge on any atom is -0.530 e. The van der Waals surface area contributed by atoms with E-state index in [4.69, 9.17) is 4.74 Å². The Bertz CT molecular complexity index is 777. The van der Waals surface area contributed by atoms with Crippen molar-refractivity contribution in [2.45, 2.75) is 49.2 Å². The number of carbonyl (C=O) groups is 1. The lowest BCUT2D eigenvalue weighted by atomic mass is 9.81. The van der Waals surface area contributed by atoms with E-state index in [-0.39, 0.29) is 38.0 Å². The second-order valence-corrected chi connectivity index (χ2v) is 7.61. The molecule has 0 aromatic carbocycles. The molecule has 168 valence electrons. The Balaban J connectivity index is 1.95. The maximum absolute atomic E-state index is 13.5. The molecule has 0 bridgehead atoms. The highest BCUT2D eigenvalue weighted by molar-refractivity contribution is 5.62. The summed E-state index contributed by atoms with van der Waals surface area (Å²) in [6.07, 6.45) is -12.6. The van der Waals surface area contributed by atoms with Crippen LogP contribution in [0.1, 0.15) is 36.6 Å². The van der Waals surface area contributed by atoms with Gasteiger partial charge >= 0.3 is 12.4 Å². The molecule has 1 aromatic heterocycles. The number of aromatic nitrogens is 1. The van der Waals surface area contributed by atoms with E-state index in [0.717, 1.165) is 17.0 Å². The summed E-state index contributed by atoms with van der Waals surface area (Å²) in [6.45, 7) is -1.37. The van der Waals surface area contributed by atoms with E-state index in [1.165, 1.54) is 6.07 Å². The molecule has 0 saturated carbocycles. The van der Waals surface area contributed by atoms with Crippen LogP contribution in [0.25, 0.3) is 0 Å². The minimum absolute atomic E-state index is 0.0341. The molecule has 1 amide bonds. The monoisotopic (exact) mass is 441 g/mol. The molecule has 1 aromatic rings. The van der Waals surface area contributed by atoms with Crippen molar-refractivity contribution >= 4 is 6.09 Å². The van der Waals surface area contributed by atoms with Crippen LogP contribution in [0, 0.1) is 5.92 Å². The first-order valence-corrected chi connectivity index (χ1v) is 9.22. The van der Waals surface area contributed by atoms with Crippen LogP contribution in [-0.2, 0) is 10.9 Å². The Hall–Kier alpha value is -2.08. The molecule has 0 radical (unpaired) electrons. The van der Waals surface area contributed by atoms with Crippen molar-refractivity contribution in [3.05, 3.63) is 29.6 Å². The molecule has 0 aliphatic carbocycles. The van der Waals surface area contributed by atoms with E-state index in [9.17, 15) is 41.4 Å². The topological polar surface area (TPSA) is 85.7 Å². The number of nitrogens with zero attached hydrogens (tertiary/aromatic N) is 2. The molecule has 2 unspecified atom stereocenters. The second kappa shape index (κ2) is 7.88. The van der Waals surface area contributed by atoms with Crippen LogP contribution in [0.2, 0.25) is 0 Å². The van der Waals surface area contributed by atoms with Crippen molar-refractivity contribution in [1.82, 2.24) is 9.88 Å². The molecule has 12 heteroatoms. The van der Waals surface area contributed by atoms with Gasteiger partial charge in [-0.25, -0.2) is 4.98 Å². The number of halogens is 6. The number of aliphatic hydroxyl groups is 1. The molecule has 2 aliphatic rings. The smallest absolute Gasteiger partial charge is 0.433 e. The molecule has 2 saturated heterocycles. The fourth-order valence-corrected chi connectivity index (χ4v) is 4.20. The van der Waals surface area contributed by atoms with Gasteiger partial charge in [-0.15, -0.1) is 0 Å². The number of aliphatic hydroxyl groups excluding tert-OH is 1. The minimum atomic E-state index is -4.85. The summed E-state index contributed by atoms with van der Waals surface area (Å²) in [4.78, 5) is 15.5. The lowest BCUT2D eigenvalue weighted by Crippen LogP contribution is -2.51. The van der Waals surface area contributed by atoms with Gasteiger partial charge in [-0.3, -0.25) is 0 Å². The number of ether oxygens (including phenoxy) is 1. The number of carboxylic acid groups (broad SMARTS) is 1. The van der Waals surface area contributed by atoms with Gasteiger partial charge in [0, 0.05) is 24.7 Å². The SMILES string of the molecule is O=C([O-])N1CCC2(CC1)CC(c1cccc(C(F)(F)F)n1)[C@H](C(CO)C(F)(F)F)O2. The highest BCUT2D eigenvalue weighted by Gasteiger charge is 2.57. The standard InChI is InChI=1S/C18H20F6N2O4/c19-17(20,21)11(9-27)14-10(12-2-1-3-13(25-12)18(22,23)24)8-16(30-14)4-6-26(7-5-16)15(28)29/h1-3,10-11,14,27H,4-9H2,(H,28,29)/p-1/t10?,11?,14-/m1/s1. The van der Waals surface area contributed by atoms with Crippen LogP contribution in [0.3, 0.4) is 0 Å². The van der Waals surface area contributed by atoms with Gasteiger partial charge < -0.3 is 24.6 Å². The summed E-state index contributed by atoms with van der Waals surface area (Å²) in [7, 11) is 0. The van der Waals surface area contributed by atoms with Crippen LogP contribution in [-0.4, -0.2) is 58.7 Å². The molecule has 30 heavy (non-hydrogen) atoms. The van der Waals surface area contributed by atoms with Crippen molar-refractivity contribution in [2.24, 2.45) is 5.92 Å². The summed E-state index contributed by atoms with van der Waals surface area (Å²) < 4.78 is 85.5. The third-order valence-electron chi connectivity index (χ3n) is 5.76. The van der Waals surface area contributed by atoms with E-state index in [2.05, 4.69) is 4.98 Å². The first kappa shape index (κ1) is 22.6. The fourth-order valence-electron chi connectivity index (χ4n) is 4.20. The van der Waals surface area contributed by atoms with Crippen molar-refractivity contribution in [1.29, 1.82) is 0 Å². The molecule has 2 fully saturated rings. The molecule has 1 spiro atoms. The molecule has 3 rings (SSSR count). The highest BCUT2D eigenvalue weighted by Crippen LogP contribution is 2.51. The van der Waals surface area contributed by atoms with Crippen LogP contribution < -0.4 is 5.11 Å². The third-order valence-corrected chi connectivity index (χ3v) is 5.76. The van der Waals surface area contributed by atoms with E-state index >= 15 is 0 Å². The summed E-state index contributed by atoms with van der Waals surface area (Å²) in [5.41, 5.74) is -2.61. The predicted octanol–water partition coefficient (Wildman–Crippen LogP) is 2.32. The summed E-state index contributed by atoms with van der Waals surface area (Å²) in [5, 5.41) is 20.4. The zero-order valence-electron chi connectivity index (χ0n) is 15.5. The van der Waals surface area contributed by atoms with Crippen LogP contribution in [0.5, 0.6) is 0 Å². The van der Waals surface area contributed by atoms with Gasteiger partial charge in [0.05, 0.1) is 18.3 Å². The first-order valence-electron chi connectivity index (χ1n) is 9.22. The molecule has 6 nitrogen and oxygen atoms in total. The van der Waals surface area contributed by atoms with Crippen LogP contribution in [0.15, 0.2) is 18.2 Å². The molecule has 1 N–H and O–H groups in total. The molecule has 3 atom stereocenters. The maximum Gasteiger partial charge on any atom is 0.433 e. The van der Waals surface area contributed by atoms with Crippen LogP contribution >= 0.6 is 0 Å². The normalized spacial score (nSPS) is 25.5. The van der Waals surface area contributed by atoms with Gasteiger partial charge in [-0.05, 0) is 31.4 Å². The number of rotatable bonds is 3. The van der Waals surface area contributed by atoms with Crippen LogP contribution in [0.4, 0.5) is 31.1 Å². The quantitative estimate of drug-likeness (QED) is 0.728. The number of amides is 1. The predicted molar refractivity (Wildman–Crippen MR) is 87.0 cm³/mol. The van der Waals surface area contributed by atoms with E-state index in [1.807, 2.05) is 0 Å². The van der Waals surface area contributed by atoms with Gasteiger partial charge in [0.25, 0.3) is 0 Å². The lowest BCUT2D eigenvalue weighted by Gasteiger charge is -2.40. The summed E-state index contributed by atoms with van der Waals surface area (Å²) >= 11 is 0. The van der Waals surface area contributed by atoms with Gasteiger partial charge in [0.15, 0.2) is 0 Å². The number of alkyl halides is 6. The zero-order valence-corrected chi connectivity index (χ0v) is 15.5. The third kappa shape index (κ3) is 4.48. The number of piperidine rings is 1. The van der Waals surface area contributed by atoms with Crippen molar-refractivity contribution < 1.29 is 46.1 Å². The number of likely N-dealkylation sites (tertiary alicyclic amines) is 1. The molecule has 3 heterocycles. The maximum atomic E-state index is 13.5. The van der Waals surface area contributed by atoms with Gasteiger partial charge in [-0.2, -0.15) is 26.3 Å². The second-order valence-electron chi connectivity index (χ2n) is 7.61. The average Bonchev–Trinajstić information content (AvgIpc) is 2.99. The summed E-state index contributed by atoms with van der Waals surface area (Å²) in [5.74, 6) is -3.47. The Morgan fingerprint density at radius 2 is 1.90 bits per heavy atom.